The number of hydrogen-bond acceptors (Lipinski definition) is 5. The third kappa shape index (κ3) is 4.52. The quantitative estimate of drug-likeness (QED) is 0.311. The van der Waals surface area contributed by atoms with Gasteiger partial charge in [0, 0.05) is 57.1 Å². The summed E-state index contributed by atoms with van der Waals surface area (Å²) in [6.45, 7) is 12.5. The second-order valence-corrected chi connectivity index (χ2v) is 14.7. The molecule has 0 atom stereocenters. The van der Waals surface area contributed by atoms with E-state index < -0.39 is 8.07 Å². The molecule has 0 unspecified atom stereocenters. The Morgan fingerprint density at radius 3 is 2.60 bits per heavy atom. The highest BCUT2D eigenvalue weighted by Gasteiger charge is 2.15. The van der Waals surface area contributed by atoms with Crippen LogP contribution in [0.4, 0.5) is 0 Å². The molecular formula is C21H29N7OSi. The van der Waals surface area contributed by atoms with Gasteiger partial charge in [0.15, 0.2) is 0 Å². The van der Waals surface area contributed by atoms with Crippen LogP contribution in [0.25, 0.3) is 28.3 Å². The minimum atomic E-state index is -1.09. The Balaban J connectivity index is 1.59. The Labute approximate surface area is 177 Å². The Bertz CT molecular complexity index is 1140. The molecule has 0 aliphatic rings. The van der Waals surface area contributed by atoms with E-state index in [1.54, 1.807) is 6.20 Å². The van der Waals surface area contributed by atoms with Crippen LogP contribution in [-0.4, -0.2) is 48.6 Å². The number of aromatic nitrogens is 7. The summed E-state index contributed by atoms with van der Waals surface area (Å²) in [5.74, 6) is 0.797. The average molecular weight is 424 g/mol. The van der Waals surface area contributed by atoms with Gasteiger partial charge in [-0.05, 0) is 19.9 Å². The molecule has 0 fully saturated rings. The number of nitrogens with zero attached hydrogens (tertiary/aromatic N) is 7. The lowest BCUT2D eigenvalue weighted by atomic mass is 10.2. The fourth-order valence-electron chi connectivity index (χ4n) is 3.11. The van der Waals surface area contributed by atoms with Crippen molar-refractivity contribution in [1.29, 1.82) is 0 Å². The molecule has 158 valence electrons. The lowest BCUT2D eigenvalue weighted by molar-refractivity contribution is 0.0786. The highest BCUT2D eigenvalue weighted by molar-refractivity contribution is 6.76. The third-order valence-electron chi connectivity index (χ3n) is 4.93. The van der Waals surface area contributed by atoms with Crippen molar-refractivity contribution >= 4 is 13.7 Å². The Kier molecular flexibility index (Phi) is 5.57. The van der Waals surface area contributed by atoms with Crippen molar-refractivity contribution in [3.8, 4) is 22.6 Å². The van der Waals surface area contributed by atoms with E-state index in [0.29, 0.717) is 12.8 Å². The lowest BCUT2D eigenvalue weighted by Crippen LogP contribution is -2.22. The zero-order valence-corrected chi connectivity index (χ0v) is 19.3. The van der Waals surface area contributed by atoms with Gasteiger partial charge < -0.3 is 4.74 Å². The van der Waals surface area contributed by atoms with Crippen molar-refractivity contribution in [2.75, 3.05) is 6.61 Å². The van der Waals surface area contributed by atoms with Gasteiger partial charge in [0.2, 0.25) is 0 Å². The Morgan fingerprint density at radius 2 is 1.87 bits per heavy atom. The van der Waals surface area contributed by atoms with Crippen molar-refractivity contribution < 1.29 is 4.74 Å². The molecule has 0 saturated heterocycles. The van der Waals surface area contributed by atoms with Crippen LogP contribution in [0.5, 0.6) is 0 Å². The molecule has 0 aliphatic carbocycles. The van der Waals surface area contributed by atoms with Crippen molar-refractivity contribution in [2.24, 2.45) is 0 Å². The SMILES string of the molecule is CC(C)n1cc(-c2cc3nccn3c(-c3cnn(COCC[Si](C)(C)C)c3)n2)cn1. The Morgan fingerprint density at radius 1 is 1.07 bits per heavy atom. The molecular weight excluding hydrogens is 394 g/mol. The maximum absolute atomic E-state index is 5.82. The zero-order chi connectivity index (χ0) is 21.3. The van der Waals surface area contributed by atoms with E-state index in [9.17, 15) is 0 Å². The first-order valence-corrected chi connectivity index (χ1v) is 14.0. The molecule has 4 aromatic heterocycles. The highest BCUT2D eigenvalue weighted by atomic mass is 28.3. The van der Waals surface area contributed by atoms with Crippen LogP contribution < -0.4 is 0 Å². The van der Waals surface area contributed by atoms with Crippen LogP contribution in [0.1, 0.15) is 19.9 Å². The van der Waals surface area contributed by atoms with Gasteiger partial charge in [-0.15, -0.1) is 0 Å². The molecule has 0 saturated carbocycles. The fraction of sp³-hybridized carbons (Fsp3) is 0.429. The number of ether oxygens (including phenoxy) is 1. The van der Waals surface area contributed by atoms with E-state index in [2.05, 4.69) is 48.7 Å². The average Bonchev–Trinajstić information content (AvgIpc) is 3.43. The first-order valence-electron chi connectivity index (χ1n) is 10.3. The molecule has 0 radical (unpaired) electrons. The summed E-state index contributed by atoms with van der Waals surface area (Å²) >= 11 is 0. The van der Waals surface area contributed by atoms with Gasteiger partial charge in [0.05, 0.1) is 23.7 Å². The van der Waals surface area contributed by atoms with Crippen LogP contribution >= 0.6 is 0 Å². The summed E-state index contributed by atoms with van der Waals surface area (Å²) in [4.78, 5) is 9.38. The summed E-state index contributed by atoms with van der Waals surface area (Å²) in [5.41, 5.74) is 3.57. The number of hydrogen-bond donors (Lipinski definition) is 0. The van der Waals surface area contributed by atoms with Crippen LogP contribution in [0, 0.1) is 0 Å². The molecule has 0 bridgehead atoms. The minimum Gasteiger partial charge on any atom is -0.360 e. The van der Waals surface area contributed by atoms with Gasteiger partial charge in [0.25, 0.3) is 0 Å². The van der Waals surface area contributed by atoms with Crippen molar-refractivity contribution in [2.45, 2.75) is 52.3 Å². The lowest BCUT2D eigenvalue weighted by Gasteiger charge is -2.15. The van der Waals surface area contributed by atoms with Crippen LogP contribution in [-0.2, 0) is 11.5 Å². The topological polar surface area (TPSA) is 75.1 Å². The molecule has 0 spiro atoms. The fourth-order valence-corrected chi connectivity index (χ4v) is 3.87. The molecule has 0 aromatic carbocycles. The third-order valence-corrected chi connectivity index (χ3v) is 6.63. The zero-order valence-electron chi connectivity index (χ0n) is 18.3. The second-order valence-electron chi connectivity index (χ2n) is 9.04. The van der Waals surface area contributed by atoms with Gasteiger partial charge in [-0.3, -0.25) is 9.08 Å². The van der Waals surface area contributed by atoms with Gasteiger partial charge in [-0.2, -0.15) is 10.2 Å². The smallest absolute Gasteiger partial charge is 0.149 e. The van der Waals surface area contributed by atoms with Gasteiger partial charge >= 0.3 is 0 Å². The molecule has 4 heterocycles. The van der Waals surface area contributed by atoms with E-state index in [-0.39, 0.29) is 0 Å². The van der Waals surface area contributed by atoms with E-state index in [0.717, 1.165) is 40.9 Å². The predicted molar refractivity (Wildman–Crippen MR) is 120 cm³/mol. The van der Waals surface area contributed by atoms with Crippen molar-refractivity contribution in [3.05, 3.63) is 43.2 Å². The van der Waals surface area contributed by atoms with Crippen molar-refractivity contribution in [1.82, 2.24) is 33.9 Å². The molecule has 0 N–H and O–H groups in total. The van der Waals surface area contributed by atoms with E-state index in [4.69, 9.17) is 9.72 Å². The van der Waals surface area contributed by atoms with Gasteiger partial charge in [-0.25, -0.2) is 14.6 Å². The number of rotatable bonds is 8. The highest BCUT2D eigenvalue weighted by Crippen LogP contribution is 2.25. The molecule has 4 rings (SSSR count). The number of imidazole rings is 1. The van der Waals surface area contributed by atoms with Crippen LogP contribution in [0.15, 0.2) is 43.2 Å². The molecule has 4 aromatic rings. The van der Waals surface area contributed by atoms with Gasteiger partial charge in [-0.1, -0.05) is 19.6 Å². The van der Waals surface area contributed by atoms with Crippen LogP contribution in [0.2, 0.25) is 25.7 Å². The molecule has 0 amide bonds. The summed E-state index contributed by atoms with van der Waals surface area (Å²) in [6, 6.07) is 3.42. The minimum absolute atomic E-state index is 0.299. The van der Waals surface area contributed by atoms with Gasteiger partial charge in [0.1, 0.15) is 18.2 Å². The Hall–Kier alpha value is -2.78. The van der Waals surface area contributed by atoms with E-state index >= 15 is 0 Å². The monoisotopic (exact) mass is 423 g/mol. The van der Waals surface area contributed by atoms with E-state index in [1.165, 1.54) is 0 Å². The van der Waals surface area contributed by atoms with Crippen molar-refractivity contribution in [3.63, 3.8) is 0 Å². The standard InChI is InChI=1S/C21H29N7OSi/c1-16(2)28-14-17(11-24-28)19-10-20-22-6-7-27(20)21(25-19)18-12-23-26(13-18)15-29-8-9-30(3,4)5/h6-7,10-14,16H,8-9,15H2,1-5H3. The molecule has 8 nitrogen and oxygen atoms in total. The normalized spacial score (nSPS) is 12.3. The van der Waals surface area contributed by atoms with Crippen LogP contribution in [0.3, 0.4) is 0 Å². The predicted octanol–water partition coefficient (Wildman–Crippen LogP) is 4.35. The maximum Gasteiger partial charge on any atom is 0.149 e. The molecule has 0 aliphatic heterocycles. The largest absolute Gasteiger partial charge is 0.360 e. The summed E-state index contributed by atoms with van der Waals surface area (Å²) < 4.78 is 11.5. The first kappa shape index (κ1) is 20.5. The number of fused-ring (bicyclic) bond motifs is 1. The summed E-state index contributed by atoms with van der Waals surface area (Å²) in [5, 5.41) is 8.90. The molecule has 9 heteroatoms. The first-order chi connectivity index (χ1) is 14.3. The summed E-state index contributed by atoms with van der Waals surface area (Å²) in [6.07, 6.45) is 11.4. The second kappa shape index (κ2) is 8.15. The molecule has 30 heavy (non-hydrogen) atoms. The van der Waals surface area contributed by atoms with E-state index in [1.807, 2.05) is 50.8 Å². The summed E-state index contributed by atoms with van der Waals surface area (Å²) in [7, 11) is -1.09. The maximum atomic E-state index is 5.82.